The predicted octanol–water partition coefficient (Wildman–Crippen LogP) is 1.17. The van der Waals surface area contributed by atoms with Crippen molar-refractivity contribution in [2.45, 2.75) is 65.0 Å². The minimum atomic E-state index is -0.557. The van der Waals surface area contributed by atoms with Crippen molar-refractivity contribution >= 4 is 11.8 Å². The highest BCUT2D eigenvalue weighted by Crippen LogP contribution is 2.26. The molecule has 4 N–H and O–H groups in total. The lowest BCUT2D eigenvalue weighted by Crippen LogP contribution is -2.49. The number of rotatable bonds is 6. The lowest BCUT2D eigenvalue weighted by atomic mass is 9.84. The first-order chi connectivity index (χ1) is 9.41. The third kappa shape index (κ3) is 5.49. The van der Waals surface area contributed by atoms with E-state index in [1.807, 2.05) is 13.8 Å². The predicted molar refractivity (Wildman–Crippen MR) is 80.0 cm³/mol. The fourth-order valence-electron chi connectivity index (χ4n) is 2.64. The van der Waals surface area contributed by atoms with Gasteiger partial charge in [-0.25, -0.2) is 0 Å². The van der Waals surface area contributed by atoms with Crippen LogP contribution in [0.15, 0.2) is 0 Å². The summed E-state index contributed by atoms with van der Waals surface area (Å²) in [6, 6.07) is -0.378. The van der Waals surface area contributed by atoms with Gasteiger partial charge in [0.15, 0.2) is 0 Å². The molecule has 0 aromatic rings. The molecule has 1 aliphatic rings. The van der Waals surface area contributed by atoms with E-state index < -0.39 is 6.04 Å². The normalized spacial score (nSPS) is 19.4. The molecule has 0 aliphatic heterocycles. The summed E-state index contributed by atoms with van der Waals surface area (Å²) in [6.07, 6.45) is 6.19. The van der Waals surface area contributed by atoms with E-state index in [1.165, 1.54) is 32.1 Å². The summed E-state index contributed by atoms with van der Waals surface area (Å²) < 4.78 is 0. The van der Waals surface area contributed by atoms with Crippen LogP contribution in [0.5, 0.6) is 0 Å². The Labute approximate surface area is 122 Å². The van der Waals surface area contributed by atoms with Gasteiger partial charge in [0.2, 0.25) is 11.8 Å². The Bertz CT molecular complexity index is 325. The van der Waals surface area contributed by atoms with E-state index in [0.717, 1.165) is 0 Å². The zero-order valence-corrected chi connectivity index (χ0v) is 12.9. The van der Waals surface area contributed by atoms with E-state index >= 15 is 0 Å². The fraction of sp³-hybridized carbons (Fsp3) is 0.867. The maximum Gasteiger partial charge on any atom is 0.239 e. The van der Waals surface area contributed by atoms with E-state index in [-0.39, 0.29) is 30.3 Å². The van der Waals surface area contributed by atoms with Gasteiger partial charge >= 0.3 is 0 Å². The summed E-state index contributed by atoms with van der Waals surface area (Å²) in [5, 5.41) is 5.57. The molecule has 0 heterocycles. The van der Waals surface area contributed by atoms with Crippen LogP contribution in [0.4, 0.5) is 0 Å². The van der Waals surface area contributed by atoms with Crippen LogP contribution in [0.2, 0.25) is 0 Å². The molecule has 0 aromatic heterocycles. The van der Waals surface area contributed by atoms with Crippen LogP contribution in [0.1, 0.15) is 52.9 Å². The summed E-state index contributed by atoms with van der Waals surface area (Å²) in [5.41, 5.74) is 5.72. The minimum Gasteiger partial charge on any atom is -0.352 e. The molecular weight excluding hydrogens is 254 g/mol. The maximum atomic E-state index is 11.8. The molecule has 2 amide bonds. The number of hydrogen-bond donors (Lipinski definition) is 3. The van der Waals surface area contributed by atoms with Gasteiger partial charge in [-0.1, -0.05) is 33.1 Å². The van der Waals surface area contributed by atoms with Crippen molar-refractivity contribution < 1.29 is 9.59 Å². The van der Waals surface area contributed by atoms with Gasteiger partial charge in [0.05, 0.1) is 12.6 Å². The highest BCUT2D eigenvalue weighted by Gasteiger charge is 2.22. The number of nitrogens with two attached hydrogens (primary N) is 1. The second-order valence-electron chi connectivity index (χ2n) is 6.24. The van der Waals surface area contributed by atoms with Crippen LogP contribution in [0.25, 0.3) is 0 Å². The van der Waals surface area contributed by atoms with Crippen molar-refractivity contribution in [3.8, 4) is 0 Å². The van der Waals surface area contributed by atoms with Crippen molar-refractivity contribution in [1.29, 1.82) is 0 Å². The van der Waals surface area contributed by atoms with Gasteiger partial charge in [-0.05, 0) is 31.6 Å². The second kappa shape index (κ2) is 8.25. The van der Waals surface area contributed by atoms with Crippen molar-refractivity contribution in [2.24, 2.45) is 17.6 Å². The highest BCUT2D eigenvalue weighted by molar-refractivity contribution is 5.87. The summed E-state index contributed by atoms with van der Waals surface area (Å²) in [4.78, 5) is 23.5. The molecule has 0 aromatic carbocycles. The van der Waals surface area contributed by atoms with Crippen LogP contribution in [-0.4, -0.2) is 30.4 Å². The standard InChI is InChI=1S/C15H29N3O2/c1-10(2)14(16)15(20)17-9-13(19)18-11(3)12-7-5-4-6-8-12/h10-12,14H,4-9,16H2,1-3H3,(H,17,20)(H,18,19)/t11?,14-/m0/s1. The van der Waals surface area contributed by atoms with E-state index in [4.69, 9.17) is 5.73 Å². The molecule has 0 bridgehead atoms. The van der Waals surface area contributed by atoms with Crippen LogP contribution in [-0.2, 0) is 9.59 Å². The van der Waals surface area contributed by atoms with Gasteiger partial charge in [-0.2, -0.15) is 0 Å². The molecule has 5 nitrogen and oxygen atoms in total. The van der Waals surface area contributed by atoms with E-state index in [1.54, 1.807) is 0 Å². The highest BCUT2D eigenvalue weighted by atomic mass is 16.2. The van der Waals surface area contributed by atoms with E-state index in [0.29, 0.717) is 5.92 Å². The number of amides is 2. The molecule has 0 spiro atoms. The molecule has 1 unspecified atom stereocenters. The first-order valence-electron chi connectivity index (χ1n) is 7.74. The Hall–Kier alpha value is -1.10. The third-order valence-electron chi connectivity index (χ3n) is 4.19. The van der Waals surface area contributed by atoms with Crippen molar-refractivity contribution in [3.63, 3.8) is 0 Å². The van der Waals surface area contributed by atoms with Crippen LogP contribution in [0, 0.1) is 11.8 Å². The Morgan fingerprint density at radius 1 is 1.15 bits per heavy atom. The van der Waals surface area contributed by atoms with Crippen molar-refractivity contribution in [1.82, 2.24) is 10.6 Å². The van der Waals surface area contributed by atoms with Gasteiger partial charge in [-0.15, -0.1) is 0 Å². The fourth-order valence-corrected chi connectivity index (χ4v) is 2.64. The zero-order valence-electron chi connectivity index (χ0n) is 12.9. The first kappa shape index (κ1) is 17.0. The van der Waals surface area contributed by atoms with E-state index in [2.05, 4.69) is 17.6 Å². The second-order valence-corrected chi connectivity index (χ2v) is 6.24. The molecule has 1 aliphatic carbocycles. The molecule has 2 atom stereocenters. The lowest BCUT2D eigenvalue weighted by Gasteiger charge is -2.28. The monoisotopic (exact) mass is 283 g/mol. The van der Waals surface area contributed by atoms with Gasteiger partial charge < -0.3 is 16.4 Å². The lowest BCUT2D eigenvalue weighted by molar-refractivity contribution is -0.127. The third-order valence-corrected chi connectivity index (χ3v) is 4.19. The number of nitrogens with one attached hydrogen (secondary N) is 2. The number of hydrogen-bond acceptors (Lipinski definition) is 3. The van der Waals surface area contributed by atoms with Crippen LogP contribution in [0.3, 0.4) is 0 Å². The largest absolute Gasteiger partial charge is 0.352 e. The topological polar surface area (TPSA) is 84.2 Å². The Kier molecular flexibility index (Phi) is 6.99. The molecule has 20 heavy (non-hydrogen) atoms. The molecule has 0 saturated heterocycles. The Balaban J connectivity index is 2.27. The zero-order chi connectivity index (χ0) is 15.1. The van der Waals surface area contributed by atoms with Gasteiger partial charge in [0.25, 0.3) is 0 Å². The van der Waals surface area contributed by atoms with Gasteiger partial charge in [0.1, 0.15) is 0 Å². The average Bonchev–Trinajstić information content (AvgIpc) is 2.44. The minimum absolute atomic E-state index is 0.0102. The summed E-state index contributed by atoms with van der Waals surface area (Å²) in [7, 11) is 0. The molecule has 116 valence electrons. The van der Waals surface area contributed by atoms with E-state index in [9.17, 15) is 9.59 Å². The molecule has 1 saturated carbocycles. The molecular formula is C15H29N3O2. The molecule has 5 heteroatoms. The molecule has 1 fully saturated rings. The smallest absolute Gasteiger partial charge is 0.239 e. The maximum absolute atomic E-state index is 11.8. The average molecular weight is 283 g/mol. The Morgan fingerprint density at radius 3 is 2.30 bits per heavy atom. The van der Waals surface area contributed by atoms with Crippen molar-refractivity contribution in [2.75, 3.05) is 6.54 Å². The summed E-state index contributed by atoms with van der Waals surface area (Å²) in [6.45, 7) is 5.83. The summed E-state index contributed by atoms with van der Waals surface area (Å²) in [5.74, 6) is 0.244. The van der Waals surface area contributed by atoms with Crippen LogP contribution < -0.4 is 16.4 Å². The number of carbonyl (C=O) groups is 2. The van der Waals surface area contributed by atoms with Crippen molar-refractivity contribution in [3.05, 3.63) is 0 Å². The van der Waals surface area contributed by atoms with Gasteiger partial charge in [0, 0.05) is 6.04 Å². The van der Waals surface area contributed by atoms with Crippen LogP contribution >= 0.6 is 0 Å². The SMILES string of the molecule is CC(NC(=O)CNC(=O)[C@@H](N)C(C)C)C1CCCCC1. The number of carbonyl (C=O) groups excluding carboxylic acids is 2. The quantitative estimate of drug-likeness (QED) is 0.684. The molecule has 0 radical (unpaired) electrons. The Morgan fingerprint density at radius 2 is 1.75 bits per heavy atom. The molecule has 1 rings (SSSR count). The van der Waals surface area contributed by atoms with Gasteiger partial charge in [-0.3, -0.25) is 9.59 Å². The summed E-state index contributed by atoms with van der Waals surface area (Å²) >= 11 is 0. The first-order valence-corrected chi connectivity index (χ1v) is 7.74.